The lowest BCUT2D eigenvalue weighted by Crippen LogP contribution is -2.32. The number of fused-ring (bicyclic) bond motifs is 6. The van der Waals surface area contributed by atoms with E-state index in [1.54, 1.807) is 0 Å². The summed E-state index contributed by atoms with van der Waals surface area (Å²) in [6.07, 6.45) is 14.3. The zero-order valence-electron chi connectivity index (χ0n) is 28.0. The standard InChI is InChI=1S/C27H27N5.C13H15N5/c1-3-7-19(8-4-1)17-32(18-20-9-5-2-6-10-20)22-12-11-21(15-22)26-25-23-13-14-28-27(23)29-16-24(25)30-31-26;14-8-2-1-7(5-8)12-11-9-3-4-15-13(9)16-6-10(11)17-18-12/h1-10,13-14,16,21-22,30-31H,11-12,15,17-18H2;3-4,6-8,17-18H,1-2,5,14H2/t21?,22-;7?,8-/m00/s1. The lowest BCUT2D eigenvalue weighted by atomic mass is 9.99. The van der Waals surface area contributed by atoms with Crippen molar-refractivity contribution in [1.82, 2.24) is 45.2 Å². The molecule has 4 atom stereocenters. The fourth-order valence-corrected chi connectivity index (χ4v) is 8.48. The molecule has 0 spiro atoms. The molecule has 2 aromatic carbocycles. The molecule has 2 aliphatic carbocycles. The van der Waals surface area contributed by atoms with E-state index in [9.17, 15) is 0 Å². The van der Waals surface area contributed by atoms with Crippen molar-refractivity contribution in [3.8, 4) is 0 Å². The Morgan fingerprint density at radius 1 is 0.580 bits per heavy atom. The predicted octanol–water partition coefficient (Wildman–Crippen LogP) is 7.81. The SMILES string of the molecule is N[C@H]1CCC(c2[nH][nH]c3cnc4nccc4c23)C1.c1ccc(CN(Cc2ccccc2)[C@H]2CCC(c3[nH][nH]c4cnc5nccc5c34)C2)cc1. The van der Waals surface area contributed by atoms with Gasteiger partial charge < -0.3 is 15.9 Å². The maximum absolute atomic E-state index is 6.02. The number of nitrogens with two attached hydrogens (primary N) is 1. The molecule has 0 saturated heterocycles. The maximum atomic E-state index is 6.02. The molecule has 0 aliphatic heterocycles. The molecule has 2 saturated carbocycles. The molecule has 252 valence electrons. The number of nitrogens with one attached hydrogen (secondary N) is 4. The summed E-state index contributed by atoms with van der Waals surface area (Å²) in [4.78, 5) is 20.2. The third kappa shape index (κ3) is 5.84. The van der Waals surface area contributed by atoms with Crippen molar-refractivity contribution in [1.29, 1.82) is 0 Å². The molecule has 6 heterocycles. The number of nitrogens with zero attached hydrogens (tertiary/aromatic N) is 5. The van der Waals surface area contributed by atoms with Crippen molar-refractivity contribution in [3.05, 3.63) is 120 Å². The average Bonchev–Trinajstić information content (AvgIpc) is 3.99. The molecule has 50 heavy (non-hydrogen) atoms. The molecule has 0 amide bonds. The Kier molecular flexibility index (Phi) is 8.10. The van der Waals surface area contributed by atoms with Crippen LogP contribution < -0.4 is 5.73 Å². The van der Waals surface area contributed by atoms with Crippen molar-refractivity contribution in [2.45, 2.75) is 75.5 Å². The Labute approximate surface area is 289 Å². The molecule has 2 fully saturated rings. The molecule has 2 aliphatic rings. The van der Waals surface area contributed by atoms with Gasteiger partial charge in [0.15, 0.2) is 11.3 Å². The lowest BCUT2D eigenvalue weighted by molar-refractivity contribution is 0.179. The monoisotopic (exact) mass is 662 g/mol. The van der Waals surface area contributed by atoms with Crippen LogP contribution >= 0.6 is 0 Å². The molecule has 2 unspecified atom stereocenters. The highest BCUT2D eigenvalue weighted by Crippen LogP contribution is 2.41. The minimum atomic E-state index is 0.337. The Morgan fingerprint density at radius 2 is 1.10 bits per heavy atom. The van der Waals surface area contributed by atoms with Crippen LogP contribution in [0.2, 0.25) is 0 Å². The second kappa shape index (κ2) is 13.2. The molecule has 6 aromatic heterocycles. The summed E-state index contributed by atoms with van der Waals surface area (Å²) in [6, 6.07) is 26.7. The highest BCUT2D eigenvalue weighted by atomic mass is 15.2. The van der Waals surface area contributed by atoms with E-state index in [0.29, 0.717) is 23.9 Å². The zero-order valence-corrected chi connectivity index (χ0v) is 28.0. The van der Waals surface area contributed by atoms with Gasteiger partial charge in [-0.25, -0.2) is 19.9 Å². The Morgan fingerprint density at radius 3 is 1.62 bits per heavy atom. The van der Waals surface area contributed by atoms with Crippen LogP contribution in [0.3, 0.4) is 0 Å². The van der Waals surface area contributed by atoms with Gasteiger partial charge in [0.25, 0.3) is 0 Å². The lowest BCUT2D eigenvalue weighted by Gasteiger charge is -2.29. The molecule has 10 heteroatoms. The summed E-state index contributed by atoms with van der Waals surface area (Å²) >= 11 is 0. The van der Waals surface area contributed by atoms with Gasteiger partial charge in [-0.15, -0.1) is 0 Å². The summed E-state index contributed by atoms with van der Waals surface area (Å²) in [7, 11) is 0. The molecule has 0 radical (unpaired) electrons. The average molecular weight is 663 g/mol. The minimum absolute atomic E-state index is 0.337. The zero-order chi connectivity index (χ0) is 33.4. The fourth-order valence-electron chi connectivity index (χ4n) is 8.48. The largest absolute Gasteiger partial charge is 0.328 e. The summed E-state index contributed by atoms with van der Waals surface area (Å²) < 4.78 is 0. The van der Waals surface area contributed by atoms with Gasteiger partial charge in [0.2, 0.25) is 0 Å². The van der Waals surface area contributed by atoms with Gasteiger partial charge in [0.05, 0.1) is 23.4 Å². The van der Waals surface area contributed by atoms with Crippen LogP contribution in [0.15, 0.2) is 97.6 Å². The second-order valence-corrected chi connectivity index (χ2v) is 14.1. The minimum Gasteiger partial charge on any atom is -0.328 e. The first kappa shape index (κ1) is 30.7. The normalized spacial score (nSPS) is 20.8. The van der Waals surface area contributed by atoms with Crippen molar-refractivity contribution in [2.75, 3.05) is 0 Å². The number of aromatic nitrogens is 8. The van der Waals surface area contributed by atoms with Crippen molar-refractivity contribution in [3.63, 3.8) is 0 Å². The topological polar surface area (TPSA) is 144 Å². The number of hydrogen-bond donors (Lipinski definition) is 5. The van der Waals surface area contributed by atoms with E-state index < -0.39 is 0 Å². The smallest absolute Gasteiger partial charge is 0.159 e. The third-order valence-electron chi connectivity index (χ3n) is 10.9. The van der Waals surface area contributed by atoms with Crippen LogP contribution in [0.5, 0.6) is 0 Å². The fraction of sp³-hybridized carbons (Fsp3) is 0.300. The van der Waals surface area contributed by atoms with Crippen molar-refractivity contribution >= 4 is 43.9 Å². The number of hydrogen-bond acceptors (Lipinski definition) is 6. The third-order valence-corrected chi connectivity index (χ3v) is 10.9. The molecule has 10 nitrogen and oxygen atoms in total. The van der Waals surface area contributed by atoms with E-state index in [4.69, 9.17) is 5.73 Å². The Bertz CT molecular complexity index is 2310. The Balaban J connectivity index is 0.000000157. The van der Waals surface area contributed by atoms with E-state index in [0.717, 1.165) is 71.9 Å². The summed E-state index contributed by atoms with van der Waals surface area (Å²) in [6.45, 7) is 1.96. The van der Waals surface area contributed by atoms with Gasteiger partial charge in [-0.05, 0) is 61.8 Å². The quantitative estimate of drug-likeness (QED) is 0.118. The Hall–Kier alpha value is -5.32. The molecular weight excluding hydrogens is 621 g/mol. The molecule has 6 N–H and O–H groups in total. The highest BCUT2D eigenvalue weighted by molar-refractivity contribution is 6.05. The van der Waals surface area contributed by atoms with E-state index in [-0.39, 0.29) is 0 Å². The van der Waals surface area contributed by atoms with Crippen LogP contribution in [-0.4, -0.2) is 57.3 Å². The van der Waals surface area contributed by atoms with Gasteiger partial charge in [0, 0.05) is 82.3 Å². The van der Waals surface area contributed by atoms with Crippen molar-refractivity contribution < 1.29 is 0 Å². The maximum Gasteiger partial charge on any atom is 0.159 e. The van der Waals surface area contributed by atoms with Gasteiger partial charge >= 0.3 is 0 Å². The molecule has 8 aromatic rings. The van der Waals surface area contributed by atoms with E-state index in [2.05, 4.69) is 112 Å². The first-order valence-electron chi connectivity index (χ1n) is 17.8. The molecular formula is C40H42N10. The highest BCUT2D eigenvalue weighted by Gasteiger charge is 2.33. The molecule has 10 rings (SSSR count). The number of benzene rings is 2. The van der Waals surface area contributed by atoms with Gasteiger partial charge in [-0.3, -0.25) is 15.1 Å². The molecule has 0 bridgehead atoms. The number of aromatic amines is 4. The number of rotatable bonds is 7. The van der Waals surface area contributed by atoms with Gasteiger partial charge in [-0.1, -0.05) is 60.7 Å². The van der Waals surface area contributed by atoms with Gasteiger partial charge in [0.1, 0.15) is 0 Å². The second-order valence-electron chi connectivity index (χ2n) is 14.1. The summed E-state index contributed by atoms with van der Waals surface area (Å²) in [5, 5.41) is 18.1. The van der Waals surface area contributed by atoms with Gasteiger partial charge in [-0.2, -0.15) is 0 Å². The van der Waals surface area contributed by atoms with E-state index >= 15 is 0 Å². The van der Waals surface area contributed by atoms with Crippen molar-refractivity contribution in [2.24, 2.45) is 5.73 Å². The van der Waals surface area contributed by atoms with Crippen LogP contribution in [-0.2, 0) is 13.1 Å². The van der Waals surface area contributed by atoms with Crippen LogP contribution in [0.4, 0.5) is 0 Å². The summed E-state index contributed by atoms with van der Waals surface area (Å²) in [5.74, 6) is 1.03. The van der Waals surface area contributed by atoms with E-state index in [1.165, 1.54) is 46.1 Å². The number of H-pyrrole nitrogens is 4. The van der Waals surface area contributed by atoms with Crippen LogP contribution in [0.1, 0.15) is 72.9 Å². The predicted molar refractivity (Wildman–Crippen MR) is 199 cm³/mol. The van der Waals surface area contributed by atoms with E-state index in [1.807, 2.05) is 30.9 Å². The first-order chi connectivity index (χ1) is 24.7. The number of pyridine rings is 2. The summed E-state index contributed by atoms with van der Waals surface area (Å²) in [5.41, 5.74) is 15.1. The first-order valence-corrected chi connectivity index (χ1v) is 17.8. The van der Waals surface area contributed by atoms with Crippen LogP contribution in [0.25, 0.3) is 43.9 Å². The van der Waals surface area contributed by atoms with Crippen LogP contribution in [0, 0.1) is 0 Å².